The molecule has 0 unspecified atom stereocenters. The maximum absolute atomic E-state index is 8.94. The predicted molar refractivity (Wildman–Crippen MR) is 130 cm³/mol. The molecule has 2 saturated heterocycles. The van der Waals surface area contributed by atoms with Crippen LogP contribution >= 0.6 is 0 Å². The van der Waals surface area contributed by atoms with Crippen molar-refractivity contribution in [1.82, 2.24) is 15.2 Å². The van der Waals surface area contributed by atoms with E-state index in [2.05, 4.69) is 58.6 Å². The summed E-state index contributed by atoms with van der Waals surface area (Å²) in [6.45, 7) is 1.54. The highest BCUT2D eigenvalue weighted by molar-refractivity contribution is 5.60. The molecule has 5 rings (SSSR count). The van der Waals surface area contributed by atoms with E-state index >= 15 is 0 Å². The number of fused-ring (bicyclic) bond motifs is 2. The topological polar surface area (TPSA) is 61.2 Å². The molecule has 33 heavy (non-hydrogen) atoms. The molecule has 2 bridgehead atoms. The molecule has 1 aromatic heterocycles. The molecule has 3 aromatic rings. The second-order valence-corrected chi connectivity index (χ2v) is 9.25. The number of hydrogen-bond acceptors (Lipinski definition) is 5. The quantitative estimate of drug-likeness (QED) is 0.568. The fourth-order valence-electron chi connectivity index (χ4n) is 5.15. The summed E-state index contributed by atoms with van der Waals surface area (Å²) in [6, 6.07) is 23.6. The first-order valence-electron chi connectivity index (χ1n) is 11.8. The lowest BCUT2D eigenvalue weighted by Gasteiger charge is -2.36. The van der Waals surface area contributed by atoms with E-state index in [4.69, 9.17) is 10.00 Å². The number of ether oxygens (including phenoxy) is 1. The van der Waals surface area contributed by atoms with E-state index in [1.165, 1.54) is 18.4 Å². The zero-order valence-electron chi connectivity index (χ0n) is 19.1. The fraction of sp³-hybridized carbons (Fsp3) is 0.357. The van der Waals surface area contributed by atoms with Crippen LogP contribution in [0.2, 0.25) is 0 Å². The molecule has 3 heterocycles. The average Bonchev–Trinajstić information content (AvgIpc) is 3.05. The first kappa shape index (κ1) is 21.6. The smallest absolute Gasteiger partial charge is 0.120 e. The Hall–Kier alpha value is -3.20. The van der Waals surface area contributed by atoms with Crippen LogP contribution in [0.5, 0.6) is 5.75 Å². The Balaban J connectivity index is 1.12. The van der Waals surface area contributed by atoms with Crippen molar-refractivity contribution in [3.05, 3.63) is 83.6 Å². The lowest BCUT2D eigenvalue weighted by Crippen LogP contribution is -2.43. The molecule has 0 aliphatic carbocycles. The normalized spacial score (nSPS) is 22.1. The summed E-state index contributed by atoms with van der Waals surface area (Å²) in [7, 11) is 2.26. The summed E-state index contributed by atoms with van der Waals surface area (Å²) >= 11 is 0. The number of benzene rings is 2. The minimum atomic E-state index is 0.336. The van der Waals surface area contributed by atoms with Gasteiger partial charge in [-0.15, -0.1) is 0 Å². The fourth-order valence-corrected chi connectivity index (χ4v) is 5.15. The monoisotopic (exact) mass is 438 g/mol. The largest absolute Gasteiger partial charge is 0.490 e. The molecule has 2 fully saturated rings. The molecule has 0 saturated carbocycles. The van der Waals surface area contributed by atoms with E-state index in [-0.39, 0.29) is 0 Å². The van der Waals surface area contributed by atoms with Gasteiger partial charge in [-0.2, -0.15) is 5.26 Å². The first-order chi connectivity index (χ1) is 16.2. The maximum atomic E-state index is 8.94. The number of rotatable bonds is 7. The van der Waals surface area contributed by atoms with Crippen molar-refractivity contribution in [2.75, 3.05) is 7.05 Å². The van der Waals surface area contributed by atoms with Gasteiger partial charge < -0.3 is 15.0 Å². The maximum Gasteiger partial charge on any atom is 0.120 e. The van der Waals surface area contributed by atoms with Gasteiger partial charge in [0, 0.05) is 36.9 Å². The standard InChI is InChI=1S/C28H30N4O/c1-32-24-10-11-25(32)15-27(14-24)33-26-4-2-3-21(13-26)17-30-18-22-7-12-28(31-19-22)23-8-5-20(16-29)6-9-23/h2-9,12-13,19,24-25,27,30H,10-11,14-15,17-18H2,1H3/t24-,25+,27-. The van der Waals surface area contributed by atoms with Gasteiger partial charge in [-0.1, -0.05) is 30.3 Å². The highest BCUT2D eigenvalue weighted by Gasteiger charge is 2.39. The third-order valence-corrected chi connectivity index (χ3v) is 7.05. The number of hydrogen-bond donors (Lipinski definition) is 1. The average molecular weight is 439 g/mol. The summed E-state index contributed by atoms with van der Waals surface area (Å²) in [4.78, 5) is 7.13. The second-order valence-electron chi connectivity index (χ2n) is 9.25. The van der Waals surface area contributed by atoms with Gasteiger partial charge in [0.15, 0.2) is 0 Å². The molecule has 2 aliphatic heterocycles. The van der Waals surface area contributed by atoms with E-state index in [1.807, 2.05) is 36.5 Å². The highest BCUT2D eigenvalue weighted by Crippen LogP contribution is 2.36. The van der Waals surface area contributed by atoms with Gasteiger partial charge in [-0.05, 0) is 74.2 Å². The summed E-state index contributed by atoms with van der Waals surface area (Å²) in [6.07, 6.45) is 7.15. The minimum Gasteiger partial charge on any atom is -0.490 e. The number of aromatic nitrogens is 1. The molecule has 2 aliphatic rings. The summed E-state index contributed by atoms with van der Waals surface area (Å²) in [5, 5.41) is 12.5. The Labute approximate surface area is 196 Å². The molecule has 0 radical (unpaired) electrons. The van der Waals surface area contributed by atoms with Crippen LogP contribution in [0, 0.1) is 11.3 Å². The third kappa shape index (κ3) is 5.08. The van der Waals surface area contributed by atoms with Crippen molar-refractivity contribution in [2.45, 2.75) is 57.0 Å². The van der Waals surface area contributed by atoms with Crippen molar-refractivity contribution >= 4 is 0 Å². The van der Waals surface area contributed by atoms with Crippen molar-refractivity contribution in [3.8, 4) is 23.1 Å². The summed E-state index contributed by atoms with van der Waals surface area (Å²) in [5.41, 5.74) is 4.96. The minimum absolute atomic E-state index is 0.336. The van der Waals surface area contributed by atoms with Crippen LogP contribution in [0.4, 0.5) is 0 Å². The number of pyridine rings is 1. The van der Waals surface area contributed by atoms with E-state index in [0.717, 1.165) is 48.5 Å². The molecule has 1 N–H and O–H groups in total. The van der Waals surface area contributed by atoms with Gasteiger partial charge in [0.25, 0.3) is 0 Å². The van der Waals surface area contributed by atoms with Crippen LogP contribution in [-0.4, -0.2) is 35.1 Å². The van der Waals surface area contributed by atoms with E-state index in [0.29, 0.717) is 23.8 Å². The molecule has 0 amide bonds. The molecule has 168 valence electrons. The number of nitriles is 1. The number of nitrogens with one attached hydrogen (secondary N) is 1. The third-order valence-electron chi connectivity index (χ3n) is 7.05. The van der Waals surface area contributed by atoms with Gasteiger partial charge in [0.2, 0.25) is 0 Å². The van der Waals surface area contributed by atoms with Crippen LogP contribution in [-0.2, 0) is 13.1 Å². The van der Waals surface area contributed by atoms with Crippen molar-refractivity contribution in [1.29, 1.82) is 5.26 Å². The molecular formula is C28H30N4O. The van der Waals surface area contributed by atoms with Gasteiger partial charge in [0.1, 0.15) is 11.9 Å². The Kier molecular flexibility index (Phi) is 6.39. The van der Waals surface area contributed by atoms with Crippen molar-refractivity contribution in [3.63, 3.8) is 0 Å². The van der Waals surface area contributed by atoms with Crippen molar-refractivity contribution in [2.24, 2.45) is 0 Å². The Morgan fingerprint density at radius 3 is 2.45 bits per heavy atom. The Morgan fingerprint density at radius 2 is 1.76 bits per heavy atom. The van der Waals surface area contributed by atoms with E-state index in [9.17, 15) is 0 Å². The number of nitrogens with zero attached hydrogens (tertiary/aromatic N) is 3. The van der Waals surface area contributed by atoms with Gasteiger partial charge in [-0.25, -0.2) is 0 Å². The van der Waals surface area contributed by atoms with E-state index < -0.39 is 0 Å². The SMILES string of the molecule is CN1[C@@H]2CC[C@H]1C[C@H](Oc1cccc(CNCc3ccc(-c4ccc(C#N)cc4)nc3)c1)C2. The van der Waals surface area contributed by atoms with Gasteiger partial charge in [0.05, 0.1) is 17.3 Å². The molecule has 5 nitrogen and oxygen atoms in total. The lowest BCUT2D eigenvalue weighted by molar-refractivity contribution is 0.0661. The predicted octanol–water partition coefficient (Wildman–Crippen LogP) is 4.91. The zero-order chi connectivity index (χ0) is 22.6. The lowest BCUT2D eigenvalue weighted by atomic mass is 10.0. The Bertz CT molecular complexity index is 1110. The highest BCUT2D eigenvalue weighted by atomic mass is 16.5. The van der Waals surface area contributed by atoms with Crippen LogP contribution in [0.25, 0.3) is 11.3 Å². The summed E-state index contributed by atoms with van der Waals surface area (Å²) in [5.74, 6) is 0.983. The zero-order valence-corrected chi connectivity index (χ0v) is 19.1. The van der Waals surface area contributed by atoms with Crippen LogP contribution in [0.1, 0.15) is 42.4 Å². The molecule has 3 atom stereocenters. The van der Waals surface area contributed by atoms with Crippen molar-refractivity contribution < 1.29 is 4.74 Å². The molecule has 0 spiro atoms. The first-order valence-corrected chi connectivity index (χ1v) is 11.8. The molecule has 5 heteroatoms. The second kappa shape index (κ2) is 9.74. The van der Waals surface area contributed by atoms with Gasteiger partial charge in [-0.3, -0.25) is 4.98 Å². The number of piperidine rings is 1. The Morgan fingerprint density at radius 1 is 1.00 bits per heavy atom. The van der Waals surface area contributed by atoms with E-state index in [1.54, 1.807) is 0 Å². The summed E-state index contributed by atoms with van der Waals surface area (Å²) < 4.78 is 6.38. The van der Waals surface area contributed by atoms with Crippen LogP contribution in [0.15, 0.2) is 66.9 Å². The van der Waals surface area contributed by atoms with Gasteiger partial charge >= 0.3 is 0 Å². The molecule has 2 aromatic carbocycles. The molecular weight excluding hydrogens is 408 g/mol. The van der Waals surface area contributed by atoms with Crippen LogP contribution in [0.3, 0.4) is 0 Å². The van der Waals surface area contributed by atoms with Crippen LogP contribution < -0.4 is 10.1 Å².